The van der Waals surface area contributed by atoms with E-state index in [-0.39, 0.29) is 0 Å². The molecule has 0 aliphatic heterocycles. The van der Waals surface area contributed by atoms with Crippen molar-refractivity contribution in [2.45, 2.75) is 13.5 Å². The maximum absolute atomic E-state index is 5.36. The van der Waals surface area contributed by atoms with Crippen LogP contribution >= 0.6 is 0 Å². The lowest BCUT2D eigenvalue weighted by Crippen LogP contribution is -2.11. The lowest BCUT2D eigenvalue weighted by atomic mass is 10.2. The molecule has 0 fully saturated rings. The molecule has 0 atom stereocenters. The summed E-state index contributed by atoms with van der Waals surface area (Å²) >= 11 is 0. The van der Waals surface area contributed by atoms with E-state index in [4.69, 9.17) is 4.84 Å². The number of aryl methyl sites for hydroxylation is 1. The molecule has 1 aromatic carbocycles. The summed E-state index contributed by atoms with van der Waals surface area (Å²) in [6.07, 6.45) is 1.74. The van der Waals surface area contributed by atoms with E-state index in [0.29, 0.717) is 6.61 Å². The van der Waals surface area contributed by atoms with Crippen molar-refractivity contribution >= 4 is 0 Å². The first-order chi connectivity index (χ1) is 6.84. The van der Waals surface area contributed by atoms with Crippen molar-refractivity contribution in [2.75, 3.05) is 0 Å². The maximum Gasteiger partial charge on any atom is 0.142 e. The molecule has 0 aliphatic carbocycles. The Bertz CT molecular complexity index is 397. The number of hydrogen-bond donors (Lipinski definition) is 0. The van der Waals surface area contributed by atoms with Crippen molar-refractivity contribution in [2.24, 2.45) is 0 Å². The van der Waals surface area contributed by atoms with Crippen LogP contribution < -0.4 is 4.84 Å². The molecule has 4 heteroatoms. The van der Waals surface area contributed by atoms with E-state index in [1.807, 2.05) is 37.3 Å². The van der Waals surface area contributed by atoms with Gasteiger partial charge in [-0.15, -0.1) is 5.10 Å². The zero-order chi connectivity index (χ0) is 9.80. The van der Waals surface area contributed by atoms with Crippen LogP contribution in [0.3, 0.4) is 0 Å². The molecular weight excluding hydrogens is 178 g/mol. The van der Waals surface area contributed by atoms with Crippen LogP contribution in [0.4, 0.5) is 0 Å². The quantitative estimate of drug-likeness (QED) is 0.728. The molecule has 0 radical (unpaired) electrons. The summed E-state index contributed by atoms with van der Waals surface area (Å²) in [6.45, 7) is 2.37. The van der Waals surface area contributed by atoms with Gasteiger partial charge in [-0.2, -0.15) is 0 Å². The van der Waals surface area contributed by atoms with Gasteiger partial charge < -0.3 is 4.84 Å². The Morgan fingerprint density at radius 2 is 2.07 bits per heavy atom. The lowest BCUT2D eigenvalue weighted by Gasteiger charge is -2.02. The average Bonchev–Trinajstić information content (AvgIpc) is 2.63. The molecule has 14 heavy (non-hydrogen) atoms. The van der Waals surface area contributed by atoms with Crippen LogP contribution in [-0.2, 0) is 6.61 Å². The van der Waals surface area contributed by atoms with Crippen molar-refractivity contribution in [3.63, 3.8) is 0 Å². The van der Waals surface area contributed by atoms with Crippen molar-refractivity contribution < 1.29 is 4.84 Å². The fraction of sp³-hybridized carbons (Fsp3) is 0.200. The van der Waals surface area contributed by atoms with Gasteiger partial charge in [0.05, 0.1) is 11.9 Å². The van der Waals surface area contributed by atoms with Crippen LogP contribution in [0.25, 0.3) is 0 Å². The first kappa shape index (κ1) is 8.74. The van der Waals surface area contributed by atoms with Gasteiger partial charge in [0, 0.05) is 0 Å². The molecule has 4 nitrogen and oxygen atoms in total. The fourth-order valence-corrected chi connectivity index (χ4v) is 1.10. The highest BCUT2D eigenvalue weighted by molar-refractivity contribution is 5.13. The number of nitrogens with zero attached hydrogens (tertiary/aromatic N) is 3. The SMILES string of the molecule is Cc1cn(OCc2ccccc2)nn1. The van der Waals surface area contributed by atoms with Gasteiger partial charge in [-0.3, -0.25) is 0 Å². The van der Waals surface area contributed by atoms with Crippen LogP contribution in [0.5, 0.6) is 0 Å². The number of aromatic nitrogens is 3. The van der Waals surface area contributed by atoms with Gasteiger partial charge in [0.2, 0.25) is 0 Å². The Kier molecular flexibility index (Phi) is 2.44. The first-order valence-electron chi connectivity index (χ1n) is 4.41. The third kappa shape index (κ3) is 2.10. The third-order valence-electron chi connectivity index (χ3n) is 1.79. The van der Waals surface area contributed by atoms with E-state index in [2.05, 4.69) is 10.3 Å². The van der Waals surface area contributed by atoms with Gasteiger partial charge >= 0.3 is 0 Å². The highest BCUT2D eigenvalue weighted by Gasteiger charge is 1.96. The monoisotopic (exact) mass is 189 g/mol. The fourth-order valence-electron chi connectivity index (χ4n) is 1.10. The van der Waals surface area contributed by atoms with Crippen molar-refractivity contribution in [1.29, 1.82) is 0 Å². The largest absolute Gasteiger partial charge is 0.391 e. The van der Waals surface area contributed by atoms with Gasteiger partial charge in [-0.25, -0.2) is 0 Å². The molecule has 2 rings (SSSR count). The van der Waals surface area contributed by atoms with Crippen LogP contribution in [-0.4, -0.2) is 15.2 Å². The summed E-state index contributed by atoms with van der Waals surface area (Å²) in [7, 11) is 0. The summed E-state index contributed by atoms with van der Waals surface area (Å²) in [5, 5.41) is 7.59. The summed E-state index contributed by atoms with van der Waals surface area (Å²) in [5.41, 5.74) is 1.96. The van der Waals surface area contributed by atoms with Crippen LogP contribution in [0, 0.1) is 6.92 Å². The topological polar surface area (TPSA) is 39.9 Å². The summed E-state index contributed by atoms with van der Waals surface area (Å²) in [4.78, 5) is 6.73. The molecule has 0 spiro atoms. The van der Waals surface area contributed by atoms with E-state index < -0.39 is 0 Å². The molecule has 0 N–H and O–H groups in total. The van der Waals surface area contributed by atoms with Crippen LogP contribution in [0.1, 0.15) is 11.3 Å². The second kappa shape index (κ2) is 3.91. The van der Waals surface area contributed by atoms with Crippen LogP contribution in [0.2, 0.25) is 0 Å². The molecule has 72 valence electrons. The number of rotatable bonds is 3. The Labute approximate surface area is 82.1 Å². The summed E-state index contributed by atoms with van der Waals surface area (Å²) in [5.74, 6) is 0. The molecule has 2 aromatic rings. The molecule has 0 amide bonds. The Morgan fingerprint density at radius 1 is 1.29 bits per heavy atom. The second-order valence-electron chi connectivity index (χ2n) is 3.02. The second-order valence-corrected chi connectivity index (χ2v) is 3.02. The van der Waals surface area contributed by atoms with Gasteiger partial charge in [0.25, 0.3) is 0 Å². The van der Waals surface area contributed by atoms with Crippen molar-refractivity contribution in [3.8, 4) is 0 Å². The number of benzene rings is 1. The Hall–Kier alpha value is -1.84. The molecule has 0 aliphatic rings. The van der Waals surface area contributed by atoms with Gasteiger partial charge in [-0.05, 0) is 17.7 Å². The minimum atomic E-state index is 0.504. The zero-order valence-electron chi connectivity index (χ0n) is 7.92. The predicted octanol–water partition coefficient (Wildman–Crippen LogP) is 1.22. The lowest BCUT2D eigenvalue weighted by molar-refractivity contribution is 0.0661. The van der Waals surface area contributed by atoms with E-state index in [1.165, 1.54) is 4.85 Å². The van der Waals surface area contributed by atoms with Gasteiger partial charge in [0.15, 0.2) is 0 Å². The molecule has 1 aromatic heterocycles. The molecule has 0 saturated heterocycles. The Balaban J connectivity index is 1.95. The normalized spacial score (nSPS) is 10.1. The van der Waals surface area contributed by atoms with Crippen molar-refractivity contribution in [1.82, 2.24) is 15.2 Å². The van der Waals surface area contributed by atoms with E-state index in [0.717, 1.165) is 11.3 Å². The van der Waals surface area contributed by atoms with E-state index in [9.17, 15) is 0 Å². The molecule has 0 unspecified atom stereocenters. The maximum atomic E-state index is 5.36. The highest BCUT2D eigenvalue weighted by atomic mass is 16.7. The predicted molar refractivity (Wildman–Crippen MR) is 51.5 cm³/mol. The van der Waals surface area contributed by atoms with Crippen LogP contribution in [0.15, 0.2) is 36.5 Å². The number of hydrogen-bond acceptors (Lipinski definition) is 3. The summed E-state index contributed by atoms with van der Waals surface area (Å²) < 4.78 is 0. The van der Waals surface area contributed by atoms with Gasteiger partial charge in [0.1, 0.15) is 6.61 Å². The van der Waals surface area contributed by atoms with E-state index in [1.54, 1.807) is 6.20 Å². The third-order valence-corrected chi connectivity index (χ3v) is 1.79. The van der Waals surface area contributed by atoms with E-state index >= 15 is 0 Å². The smallest absolute Gasteiger partial charge is 0.142 e. The standard InChI is InChI=1S/C10H11N3O/c1-9-7-13(12-11-9)14-8-10-5-3-2-4-6-10/h2-7H,8H2,1H3. The molecule has 0 bridgehead atoms. The molecule has 1 heterocycles. The minimum Gasteiger partial charge on any atom is -0.391 e. The minimum absolute atomic E-state index is 0.504. The molecule has 0 saturated carbocycles. The zero-order valence-corrected chi connectivity index (χ0v) is 7.92. The first-order valence-corrected chi connectivity index (χ1v) is 4.41. The highest BCUT2D eigenvalue weighted by Crippen LogP contribution is 1.98. The Morgan fingerprint density at radius 3 is 2.71 bits per heavy atom. The summed E-state index contributed by atoms with van der Waals surface area (Å²) in [6, 6.07) is 9.94. The van der Waals surface area contributed by atoms with Gasteiger partial charge in [-0.1, -0.05) is 35.2 Å². The molecular formula is C10H11N3O. The average molecular weight is 189 g/mol. The van der Waals surface area contributed by atoms with Crippen molar-refractivity contribution in [3.05, 3.63) is 47.8 Å².